The lowest BCUT2D eigenvalue weighted by Crippen LogP contribution is -2.16. The summed E-state index contributed by atoms with van der Waals surface area (Å²) in [5.41, 5.74) is 4.97. The summed E-state index contributed by atoms with van der Waals surface area (Å²) in [5, 5.41) is 0. The number of benzene rings is 2. The van der Waals surface area contributed by atoms with Crippen LogP contribution in [0.4, 0.5) is 22.0 Å². The molecule has 0 aliphatic heterocycles. The average molecular weight is 273 g/mol. The molecule has 0 aliphatic carbocycles. The van der Waals surface area contributed by atoms with Crippen molar-refractivity contribution in [1.29, 1.82) is 0 Å². The van der Waals surface area contributed by atoms with E-state index in [1.165, 1.54) is 0 Å². The Bertz CT molecular complexity index is 627. The first-order valence-electron chi connectivity index (χ1n) is 5.25. The van der Waals surface area contributed by atoms with Gasteiger partial charge in [0.05, 0.1) is 6.04 Å². The minimum absolute atomic E-state index is 0.216. The molecular weight excluding hydrogens is 265 g/mol. The molecule has 2 rings (SSSR count). The van der Waals surface area contributed by atoms with Crippen molar-refractivity contribution in [2.75, 3.05) is 0 Å². The van der Waals surface area contributed by atoms with Crippen molar-refractivity contribution in [2.24, 2.45) is 5.73 Å². The Hall–Kier alpha value is -1.95. The molecule has 6 heteroatoms. The monoisotopic (exact) mass is 273 g/mol. The molecule has 100 valence electrons. The van der Waals surface area contributed by atoms with Crippen LogP contribution in [0.2, 0.25) is 0 Å². The van der Waals surface area contributed by atoms with Crippen molar-refractivity contribution in [3.63, 3.8) is 0 Å². The fourth-order valence-corrected chi connectivity index (χ4v) is 1.70. The molecule has 0 spiro atoms. The van der Waals surface area contributed by atoms with E-state index < -0.39 is 40.7 Å². The van der Waals surface area contributed by atoms with Gasteiger partial charge in [0.2, 0.25) is 0 Å². The maximum absolute atomic E-state index is 13.5. The van der Waals surface area contributed by atoms with E-state index in [0.717, 1.165) is 12.1 Å². The van der Waals surface area contributed by atoms with Gasteiger partial charge in [-0.2, -0.15) is 0 Å². The zero-order chi connectivity index (χ0) is 14.2. The number of rotatable bonds is 2. The first-order chi connectivity index (χ1) is 8.90. The first kappa shape index (κ1) is 13.5. The van der Waals surface area contributed by atoms with Gasteiger partial charge in [-0.15, -0.1) is 0 Å². The molecule has 0 saturated heterocycles. The highest BCUT2D eigenvalue weighted by molar-refractivity contribution is 5.34. The molecule has 0 radical (unpaired) electrons. The summed E-state index contributed by atoms with van der Waals surface area (Å²) in [6, 6.07) is 2.05. The van der Waals surface area contributed by atoms with Crippen molar-refractivity contribution < 1.29 is 22.0 Å². The molecule has 1 unspecified atom stereocenters. The minimum Gasteiger partial charge on any atom is -0.320 e. The summed E-state index contributed by atoms with van der Waals surface area (Å²) in [5.74, 6) is -5.58. The van der Waals surface area contributed by atoms with E-state index in [2.05, 4.69) is 0 Å². The summed E-state index contributed by atoms with van der Waals surface area (Å²) in [6.45, 7) is 0. The second-order valence-electron chi connectivity index (χ2n) is 3.93. The molecule has 0 aliphatic rings. The van der Waals surface area contributed by atoms with Crippen LogP contribution in [0, 0.1) is 29.1 Å². The van der Waals surface area contributed by atoms with Gasteiger partial charge in [-0.1, -0.05) is 6.07 Å². The highest BCUT2D eigenvalue weighted by Gasteiger charge is 2.20. The van der Waals surface area contributed by atoms with E-state index in [-0.39, 0.29) is 5.56 Å². The maximum atomic E-state index is 13.5. The lowest BCUT2D eigenvalue weighted by molar-refractivity contribution is 0.486. The van der Waals surface area contributed by atoms with E-state index in [9.17, 15) is 22.0 Å². The van der Waals surface area contributed by atoms with Crippen molar-refractivity contribution in [3.8, 4) is 0 Å². The Kier molecular flexibility index (Phi) is 3.53. The smallest absolute Gasteiger partial charge is 0.161 e. The second-order valence-corrected chi connectivity index (χ2v) is 3.93. The van der Waals surface area contributed by atoms with Crippen molar-refractivity contribution in [3.05, 3.63) is 70.5 Å². The van der Waals surface area contributed by atoms with Gasteiger partial charge < -0.3 is 5.73 Å². The summed E-state index contributed by atoms with van der Waals surface area (Å²) in [6.07, 6.45) is 0. The molecule has 0 aromatic heterocycles. The van der Waals surface area contributed by atoms with E-state index in [0.29, 0.717) is 18.2 Å². The molecule has 1 atom stereocenters. The Morgan fingerprint density at radius 3 is 1.89 bits per heavy atom. The van der Waals surface area contributed by atoms with Gasteiger partial charge in [-0.25, -0.2) is 22.0 Å². The predicted octanol–water partition coefficient (Wildman–Crippen LogP) is 3.43. The van der Waals surface area contributed by atoms with Crippen molar-refractivity contribution >= 4 is 0 Å². The van der Waals surface area contributed by atoms with Crippen LogP contribution in [-0.2, 0) is 0 Å². The molecule has 2 N–H and O–H groups in total. The molecule has 2 aromatic rings. The minimum atomic E-state index is -1.37. The molecule has 0 amide bonds. The molecule has 0 fully saturated rings. The third kappa shape index (κ3) is 2.58. The van der Waals surface area contributed by atoms with Crippen LogP contribution in [0.25, 0.3) is 0 Å². The fraction of sp³-hybridized carbons (Fsp3) is 0.0769. The van der Waals surface area contributed by atoms with Gasteiger partial charge in [0.25, 0.3) is 0 Å². The molecule has 19 heavy (non-hydrogen) atoms. The topological polar surface area (TPSA) is 26.0 Å². The van der Waals surface area contributed by atoms with Gasteiger partial charge in [-0.3, -0.25) is 0 Å². The van der Waals surface area contributed by atoms with Crippen LogP contribution < -0.4 is 5.73 Å². The SMILES string of the molecule is NC(c1ccc(F)cc1F)c1cc(F)c(F)cc1F. The van der Waals surface area contributed by atoms with Crippen LogP contribution in [-0.4, -0.2) is 0 Å². The lowest BCUT2D eigenvalue weighted by Gasteiger charge is -2.14. The Morgan fingerprint density at radius 1 is 0.684 bits per heavy atom. The van der Waals surface area contributed by atoms with Gasteiger partial charge >= 0.3 is 0 Å². The van der Waals surface area contributed by atoms with E-state index in [1.807, 2.05) is 0 Å². The third-order valence-electron chi connectivity index (χ3n) is 2.67. The summed E-state index contributed by atoms with van der Waals surface area (Å²) >= 11 is 0. The highest BCUT2D eigenvalue weighted by Crippen LogP contribution is 2.26. The van der Waals surface area contributed by atoms with Crippen molar-refractivity contribution in [2.45, 2.75) is 6.04 Å². The first-order valence-corrected chi connectivity index (χ1v) is 5.25. The number of nitrogens with two attached hydrogens (primary N) is 1. The lowest BCUT2D eigenvalue weighted by atomic mass is 9.98. The second kappa shape index (κ2) is 4.97. The number of halogens is 5. The van der Waals surface area contributed by atoms with E-state index in [1.54, 1.807) is 0 Å². The van der Waals surface area contributed by atoms with Crippen LogP contribution in [0.15, 0.2) is 30.3 Å². The zero-order valence-corrected chi connectivity index (χ0v) is 9.43. The standard InChI is InChI=1S/C13H8F5N/c14-6-1-2-7(9(15)3-6)13(19)8-4-11(17)12(18)5-10(8)16/h1-5,13H,19H2. The number of hydrogen-bond donors (Lipinski definition) is 1. The zero-order valence-electron chi connectivity index (χ0n) is 9.43. The quantitative estimate of drug-likeness (QED) is 0.658. The predicted molar refractivity (Wildman–Crippen MR) is 58.7 cm³/mol. The molecule has 0 bridgehead atoms. The molecule has 0 heterocycles. The van der Waals surface area contributed by atoms with Crippen LogP contribution >= 0.6 is 0 Å². The highest BCUT2D eigenvalue weighted by atomic mass is 19.2. The van der Waals surface area contributed by atoms with Crippen LogP contribution in [0.5, 0.6) is 0 Å². The van der Waals surface area contributed by atoms with Crippen LogP contribution in [0.3, 0.4) is 0 Å². The Labute approximate surface area is 105 Å². The van der Waals surface area contributed by atoms with E-state index in [4.69, 9.17) is 5.73 Å². The summed E-state index contributed by atoms with van der Waals surface area (Å²) in [4.78, 5) is 0. The third-order valence-corrected chi connectivity index (χ3v) is 2.67. The van der Waals surface area contributed by atoms with E-state index >= 15 is 0 Å². The van der Waals surface area contributed by atoms with Gasteiger partial charge in [0, 0.05) is 23.3 Å². The fourth-order valence-electron chi connectivity index (χ4n) is 1.70. The molecule has 2 aromatic carbocycles. The summed E-state index contributed by atoms with van der Waals surface area (Å²) < 4.78 is 65.6. The number of hydrogen-bond acceptors (Lipinski definition) is 1. The summed E-state index contributed by atoms with van der Waals surface area (Å²) in [7, 11) is 0. The normalized spacial score (nSPS) is 12.5. The van der Waals surface area contributed by atoms with Crippen molar-refractivity contribution in [1.82, 2.24) is 0 Å². The van der Waals surface area contributed by atoms with Gasteiger partial charge in [0.1, 0.15) is 17.5 Å². The van der Waals surface area contributed by atoms with Crippen LogP contribution in [0.1, 0.15) is 17.2 Å². The maximum Gasteiger partial charge on any atom is 0.161 e. The molecular formula is C13H8F5N. The molecule has 0 saturated carbocycles. The van der Waals surface area contributed by atoms with Gasteiger partial charge in [0.15, 0.2) is 11.6 Å². The molecule has 1 nitrogen and oxygen atoms in total. The largest absolute Gasteiger partial charge is 0.320 e. The van der Waals surface area contributed by atoms with Gasteiger partial charge in [-0.05, 0) is 12.1 Å². The Balaban J connectivity index is 2.49. The Morgan fingerprint density at radius 2 is 1.26 bits per heavy atom. The average Bonchev–Trinajstić information content (AvgIpc) is 2.33.